The Morgan fingerprint density at radius 2 is 0.568 bits per heavy atom. The fraction of sp³-hybridized carbons (Fsp3) is 0.779. The molecule has 1 atom stereocenters. The summed E-state index contributed by atoms with van der Waals surface area (Å²) in [4.78, 5) is 38.2. The second kappa shape index (κ2) is 62.4. The normalized spacial score (nSPS) is 12.5. The molecule has 0 saturated carbocycles. The molecule has 0 rings (SSSR count). The van der Waals surface area contributed by atoms with Crippen molar-refractivity contribution in [1.29, 1.82) is 0 Å². The molecule has 0 aromatic rings. The van der Waals surface area contributed by atoms with E-state index in [0.29, 0.717) is 12.8 Å². The van der Waals surface area contributed by atoms with Crippen molar-refractivity contribution in [3.05, 3.63) is 72.9 Å². The molecule has 0 N–H and O–H groups in total. The van der Waals surface area contributed by atoms with E-state index in [1.165, 1.54) is 212 Å². The highest BCUT2D eigenvalue weighted by Gasteiger charge is 2.19. The third kappa shape index (κ3) is 59.7. The Hall–Kier alpha value is -3.15. The minimum atomic E-state index is -0.828. The number of allylic oxidation sites excluding steroid dienone is 11. The monoisotopic (exact) mass is 1030 g/mol. The Balaban J connectivity index is 4.29. The average molecular weight is 1030 g/mol. The number of unbranched alkanes of at least 4 members (excludes halogenated alkanes) is 36. The van der Waals surface area contributed by atoms with E-state index < -0.39 is 12.1 Å². The van der Waals surface area contributed by atoms with E-state index in [1.54, 1.807) is 6.08 Å². The Kier molecular flexibility index (Phi) is 59.7. The molecule has 0 aliphatic rings. The molecule has 0 heterocycles. The highest BCUT2D eigenvalue weighted by molar-refractivity contribution is 5.72. The summed E-state index contributed by atoms with van der Waals surface area (Å²) in [5.41, 5.74) is 0. The van der Waals surface area contributed by atoms with Gasteiger partial charge in [0.1, 0.15) is 13.2 Å². The second-order valence-electron chi connectivity index (χ2n) is 21.3. The molecular formula is C68H120O6. The number of ether oxygens (including phenoxy) is 3. The Bertz CT molecular complexity index is 1370. The van der Waals surface area contributed by atoms with Gasteiger partial charge in [-0.2, -0.15) is 0 Å². The Labute approximate surface area is 459 Å². The van der Waals surface area contributed by atoms with Crippen LogP contribution < -0.4 is 0 Å². The summed E-state index contributed by atoms with van der Waals surface area (Å²) < 4.78 is 16.8. The summed E-state index contributed by atoms with van der Waals surface area (Å²) in [6, 6.07) is 0. The Morgan fingerprint density at radius 1 is 0.297 bits per heavy atom. The van der Waals surface area contributed by atoms with E-state index >= 15 is 0 Å². The molecule has 0 spiro atoms. The fourth-order valence-corrected chi connectivity index (χ4v) is 9.22. The highest BCUT2D eigenvalue weighted by atomic mass is 16.6. The van der Waals surface area contributed by atoms with Gasteiger partial charge in [-0.3, -0.25) is 14.4 Å². The van der Waals surface area contributed by atoms with Crippen molar-refractivity contribution >= 4 is 17.9 Å². The molecule has 0 saturated heterocycles. The lowest BCUT2D eigenvalue weighted by molar-refractivity contribution is -0.166. The SMILES string of the molecule is CC/C=C\C/C=C\C/C=C\C/C=C\C/C=C\CC(=O)OC(COC(=O)CCCCCCCCCCCCCCCC)COC(=O)CCCCCCCCCCCCCCCCC/C=C\CCCCCCCCCC. The molecule has 74 heavy (non-hydrogen) atoms. The van der Waals surface area contributed by atoms with Gasteiger partial charge in [0, 0.05) is 12.8 Å². The number of carbonyl (C=O) groups is 3. The van der Waals surface area contributed by atoms with Crippen LogP contribution in [0.1, 0.15) is 323 Å². The lowest BCUT2D eigenvalue weighted by atomic mass is 10.0. The van der Waals surface area contributed by atoms with Crippen LogP contribution in [0.25, 0.3) is 0 Å². The van der Waals surface area contributed by atoms with Crippen LogP contribution in [-0.2, 0) is 28.6 Å². The molecule has 0 aromatic heterocycles. The van der Waals surface area contributed by atoms with Gasteiger partial charge in [0.15, 0.2) is 6.10 Å². The third-order valence-corrected chi connectivity index (χ3v) is 14.0. The van der Waals surface area contributed by atoms with E-state index in [-0.39, 0.29) is 31.6 Å². The van der Waals surface area contributed by atoms with Gasteiger partial charge >= 0.3 is 17.9 Å². The van der Waals surface area contributed by atoms with Gasteiger partial charge in [-0.05, 0) is 70.6 Å². The lowest BCUT2D eigenvalue weighted by Gasteiger charge is -2.18. The molecule has 0 aliphatic carbocycles. The summed E-state index contributed by atoms with van der Waals surface area (Å²) >= 11 is 0. The van der Waals surface area contributed by atoms with Gasteiger partial charge in [-0.1, -0.05) is 306 Å². The van der Waals surface area contributed by atoms with Gasteiger partial charge in [-0.15, -0.1) is 0 Å². The molecular weight excluding hydrogens is 913 g/mol. The lowest BCUT2D eigenvalue weighted by Crippen LogP contribution is -2.30. The maximum absolute atomic E-state index is 12.8. The van der Waals surface area contributed by atoms with Crippen molar-refractivity contribution in [3.8, 4) is 0 Å². The first kappa shape index (κ1) is 70.8. The highest BCUT2D eigenvalue weighted by Crippen LogP contribution is 2.17. The molecule has 0 aromatic carbocycles. The van der Waals surface area contributed by atoms with E-state index in [9.17, 15) is 14.4 Å². The fourth-order valence-electron chi connectivity index (χ4n) is 9.22. The molecule has 6 nitrogen and oxygen atoms in total. The largest absolute Gasteiger partial charge is 0.462 e. The molecule has 6 heteroatoms. The molecule has 0 radical (unpaired) electrons. The van der Waals surface area contributed by atoms with Crippen LogP contribution in [0.5, 0.6) is 0 Å². The first-order valence-corrected chi connectivity index (χ1v) is 31.9. The zero-order chi connectivity index (χ0) is 53.6. The molecule has 0 aliphatic heterocycles. The van der Waals surface area contributed by atoms with Crippen LogP contribution in [0.2, 0.25) is 0 Å². The second-order valence-corrected chi connectivity index (χ2v) is 21.3. The first-order valence-electron chi connectivity index (χ1n) is 31.9. The maximum atomic E-state index is 12.8. The van der Waals surface area contributed by atoms with Crippen molar-refractivity contribution in [2.45, 2.75) is 329 Å². The topological polar surface area (TPSA) is 78.9 Å². The number of esters is 3. The Morgan fingerprint density at radius 3 is 0.878 bits per heavy atom. The average Bonchev–Trinajstić information content (AvgIpc) is 3.40. The minimum Gasteiger partial charge on any atom is -0.462 e. The number of hydrogen-bond acceptors (Lipinski definition) is 6. The first-order chi connectivity index (χ1) is 36.5. The summed E-state index contributed by atoms with van der Waals surface area (Å²) in [5, 5.41) is 0. The minimum absolute atomic E-state index is 0.100. The van der Waals surface area contributed by atoms with Gasteiger partial charge < -0.3 is 14.2 Å². The van der Waals surface area contributed by atoms with Crippen molar-refractivity contribution in [2.75, 3.05) is 13.2 Å². The van der Waals surface area contributed by atoms with E-state index in [2.05, 4.69) is 81.5 Å². The predicted octanol–water partition coefficient (Wildman–Crippen LogP) is 21.7. The molecule has 0 amide bonds. The zero-order valence-corrected chi connectivity index (χ0v) is 49.1. The molecule has 428 valence electrons. The molecule has 0 bridgehead atoms. The summed E-state index contributed by atoms with van der Waals surface area (Å²) in [5.74, 6) is -1.03. The van der Waals surface area contributed by atoms with Crippen molar-refractivity contribution in [3.63, 3.8) is 0 Å². The van der Waals surface area contributed by atoms with E-state index in [4.69, 9.17) is 14.2 Å². The molecule has 1 unspecified atom stereocenters. The quantitative estimate of drug-likeness (QED) is 0.0261. The molecule has 0 fully saturated rings. The number of carbonyl (C=O) groups excluding carboxylic acids is 3. The van der Waals surface area contributed by atoms with Crippen molar-refractivity contribution in [1.82, 2.24) is 0 Å². The van der Waals surface area contributed by atoms with Crippen LogP contribution >= 0.6 is 0 Å². The van der Waals surface area contributed by atoms with Crippen LogP contribution in [0.15, 0.2) is 72.9 Å². The van der Waals surface area contributed by atoms with Gasteiger partial charge in [0.25, 0.3) is 0 Å². The number of rotatable bonds is 58. The third-order valence-electron chi connectivity index (χ3n) is 14.0. The summed E-state index contributed by atoms with van der Waals surface area (Å²) in [7, 11) is 0. The predicted molar refractivity (Wildman–Crippen MR) is 321 cm³/mol. The number of hydrogen-bond donors (Lipinski definition) is 0. The van der Waals surface area contributed by atoms with E-state index in [0.717, 1.165) is 70.6 Å². The summed E-state index contributed by atoms with van der Waals surface area (Å²) in [6.07, 6.45) is 80.9. The van der Waals surface area contributed by atoms with Crippen molar-refractivity contribution < 1.29 is 28.6 Å². The van der Waals surface area contributed by atoms with Gasteiger partial charge in [0.05, 0.1) is 6.42 Å². The van der Waals surface area contributed by atoms with Gasteiger partial charge in [0.2, 0.25) is 0 Å². The maximum Gasteiger partial charge on any atom is 0.310 e. The smallest absolute Gasteiger partial charge is 0.310 e. The van der Waals surface area contributed by atoms with Crippen molar-refractivity contribution in [2.24, 2.45) is 0 Å². The van der Waals surface area contributed by atoms with Crippen LogP contribution in [0.4, 0.5) is 0 Å². The zero-order valence-electron chi connectivity index (χ0n) is 49.1. The van der Waals surface area contributed by atoms with Gasteiger partial charge in [-0.25, -0.2) is 0 Å². The van der Waals surface area contributed by atoms with E-state index in [1.807, 2.05) is 6.08 Å². The van der Waals surface area contributed by atoms with Crippen LogP contribution in [0.3, 0.4) is 0 Å². The van der Waals surface area contributed by atoms with Crippen LogP contribution in [0, 0.1) is 0 Å². The van der Waals surface area contributed by atoms with Crippen LogP contribution in [-0.4, -0.2) is 37.2 Å². The standard InChI is InChI=1S/C68H120O6/c1-4-7-10-13-16-19-22-25-28-29-30-31-32-33-34-35-36-37-38-39-41-43-46-49-52-55-58-61-67(70)73-64-65(63-72-66(69)60-57-54-51-48-45-42-27-24-21-18-15-12-9-6-3)74-68(71)62-59-56-53-50-47-44-40-26-23-20-17-14-11-8-5-2/h8,11,17,20,26,29-30,40,47,50,56,59,65H,4-7,9-10,12-16,18-19,21-25,27-28,31-39,41-46,48-49,51-55,57-58,60-64H2,1-3H3/b11-8-,20-17-,30-29-,40-26-,50-47-,59-56-. The summed E-state index contributed by atoms with van der Waals surface area (Å²) in [6.45, 7) is 6.48.